The molecule has 3 unspecified atom stereocenters. The van der Waals surface area contributed by atoms with Gasteiger partial charge in [-0.15, -0.1) is 0 Å². The number of hydrogen-bond donors (Lipinski definition) is 2. The van der Waals surface area contributed by atoms with E-state index in [1.54, 1.807) is 32.2 Å². The maximum atomic E-state index is 13.6. The van der Waals surface area contributed by atoms with Crippen molar-refractivity contribution in [2.24, 2.45) is 5.92 Å². The molecule has 0 aliphatic carbocycles. The zero-order valence-corrected chi connectivity index (χ0v) is 19.0. The molecule has 7 nitrogen and oxygen atoms in total. The number of aliphatic carboxylic acids is 1. The Morgan fingerprint density at radius 2 is 1.88 bits per heavy atom. The molecule has 1 aliphatic heterocycles. The number of amides is 1. The lowest BCUT2D eigenvalue weighted by molar-refractivity contribution is -0.154. The summed E-state index contributed by atoms with van der Waals surface area (Å²) in [7, 11) is 3.08. The molecule has 3 atom stereocenters. The summed E-state index contributed by atoms with van der Waals surface area (Å²) in [6.45, 7) is 5.52. The van der Waals surface area contributed by atoms with Crippen LogP contribution in [0.3, 0.4) is 0 Å². The van der Waals surface area contributed by atoms with Crippen molar-refractivity contribution >= 4 is 17.7 Å². The van der Waals surface area contributed by atoms with E-state index < -0.39 is 41.6 Å². The van der Waals surface area contributed by atoms with Crippen LogP contribution in [-0.4, -0.2) is 58.6 Å². The Labute approximate surface area is 187 Å². The quantitative estimate of drug-likeness (QED) is 0.564. The fraction of sp³-hybridized carbons (Fsp3) is 0.458. The number of rotatable bonds is 9. The normalized spacial score (nSPS) is 22.7. The van der Waals surface area contributed by atoms with Gasteiger partial charge in [-0.25, -0.2) is 4.39 Å². The number of likely N-dealkylation sites (N-methyl/N-ethyl adjacent to an activating group) is 1. The molecule has 2 rings (SSSR count). The van der Waals surface area contributed by atoms with Gasteiger partial charge in [-0.05, 0) is 36.1 Å². The summed E-state index contributed by atoms with van der Waals surface area (Å²) in [4.78, 5) is 37.3. The number of carboxylic acid groups (broad SMARTS) is 1. The van der Waals surface area contributed by atoms with Crippen LogP contribution in [0.2, 0.25) is 0 Å². The predicted molar refractivity (Wildman–Crippen MR) is 116 cm³/mol. The highest BCUT2D eigenvalue weighted by Crippen LogP contribution is 2.46. The van der Waals surface area contributed by atoms with Crippen molar-refractivity contribution in [3.63, 3.8) is 0 Å². The molecule has 8 heteroatoms. The third kappa shape index (κ3) is 5.31. The topological polar surface area (TPSA) is 104 Å². The lowest BCUT2D eigenvalue weighted by Crippen LogP contribution is -2.55. The van der Waals surface area contributed by atoms with Crippen molar-refractivity contribution < 1.29 is 33.7 Å². The van der Waals surface area contributed by atoms with Crippen molar-refractivity contribution in [3.8, 4) is 0 Å². The molecule has 2 N–H and O–H groups in total. The SMILES string of the molecule is COC1(C)C(=O)N(C)C(C(C)C)=C(C=CC(O)CC(=O)CC(=O)O)C1c1ccc(F)cc1. The average molecular weight is 448 g/mol. The van der Waals surface area contributed by atoms with Gasteiger partial charge in [-0.1, -0.05) is 38.1 Å². The Morgan fingerprint density at radius 3 is 2.38 bits per heavy atom. The van der Waals surface area contributed by atoms with Gasteiger partial charge in [0.05, 0.1) is 6.10 Å². The second kappa shape index (κ2) is 10.2. The van der Waals surface area contributed by atoms with Gasteiger partial charge < -0.3 is 19.8 Å². The first-order chi connectivity index (χ1) is 14.9. The first-order valence-electron chi connectivity index (χ1n) is 10.3. The number of nitrogens with zero attached hydrogens (tertiary/aromatic N) is 1. The van der Waals surface area contributed by atoms with Gasteiger partial charge in [0.2, 0.25) is 0 Å². The van der Waals surface area contributed by atoms with E-state index >= 15 is 0 Å². The highest BCUT2D eigenvalue weighted by Gasteiger charge is 2.50. The smallest absolute Gasteiger partial charge is 0.310 e. The molecule has 32 heavy (non-hydrogen) atoms. The van der Waals surface area contributed by atoms with Crippen LogP contribution in [0.1, 0.15) is 45.1 Å². The number of Topliss-reactive ketones (excluding diaryl/α,β-unsaturated/α-hetero) is 1. The van der Waals surface area contributed by atoms with Crippen LogP contribution in [0.15, 0.2) is 47.7 Å². The molecule has 1 aromatic carbocycles. The molecule has 1 amide bonds. The molecule has 0 saturated carbocycles. The highest BCUT2D eigenvalue weighted by atomic mass is 19.1. The fourth-order valence-electron chi connectivity index (χ4n) is 4.22. The summed E-state index contributed by atoms with van der Waals surface area (Å²) < 4.78 is 19.3. The summed E-state index contributed by atoms with van der Waals surface area (Å²) in [6, 6.07) is 5.80. The molecular formula is C24H30FNO6. The third-order valence-electron chi connectivity index (χ3n) is 5.71. The minimum absolute atomic E-state index is 0.0706. The number of benzene rings is 1. The van der Waals surface area contributed by atoms with Crippen molar-refractivity contribution in [2.45, 2.75) is 51.2 Å². The summed E-state index contributed by atoms with van der Waals surface area (Å²) in [5.41, 5.74) is 0.753. The summed E-state index contributed by atoms with van der Waals surface area (Å²) in [5.74, 6) is -3.20. The second-order valence-corrected chi connectivity index (χ2v) is 8.39. The Bertz CT molecular complexity index is 936. The van der Waals surface area contributed by atoms with Crippen LogP contribution in [0.5, 0.6) is 0 Å². The first-order valence-corrected chi connectivity index (χ1v) is 10.3. The van der Waals surface area contributed by atoms with E-state index in [4.69, 9.17) is 9.84 Å². The number of aliphatic hydroxyl groups excluding tert-OH is 1. The average Bonchev–Trinajstić information content (AvgIpc) is 2.70. The van der Waals surface area contributed by atoms with E-state index in [1.165, 1.54) is 30.2 Å². The molecule has 0 spiro atoms. The van der Waals surface area contributed by atoms with Gasteiger partial charge in [0.1, 0.15) is 18.0 Å². The van der Waals surface area contributed by atoms with E-state index in [0.29, 0.717) is 16.8 Å². The van der Waals surface area contributed by atoms with Crippen LogP contribution in [0.25, 0.3) is 0 Å². The van der Waals surface area contributed by atoms with E-state index in [-0.39, 0.29) is 18.2 Å². The minimum Gasteiger partial charge on any atom is -0.481 e. The molecule has 0 fully saturated rings. The van der Waals surface area contributed by atoms with Gasteiger partial charge in [-0.2, -0.15) is 0 Å². The van der Waals surface area contributed by atoms with Crippen molar-refractivity contribution in [1.82, 2.24) is 4.90 Å². The largest absolute Gasteiger partial charge is 0.481 e. The number of methoxy groups -OCH3 is 1. The lowest BCUT2D eigenvalue weighted by atomic mass is 9.72. The van der Waals surface area contributed by atoms with Crippen LogP contribution < -0.4 is 0 Å². The van der Waals surface area contributed by atoms with Crippen LogP contribution in [-0.2, 0) is 19.1 Å². The Morgan fingerprint density at radius 1 is 1.28 bits per heavy atom. The molecule has 0 bridgehead atoms. The number of carbonyl (C=O) groups is 3. The van der Waals surface area contributed by atoms with Crippen molar-refractivity contribution in [3.05, 3.63) is 59.1 Å². The first kappa shape index (κ1) is 25.4. The van der Waals surface area contributed by atoms with Gasteiger partial charge in [0.25, 0.3) is 5.91 Å². The van der Waals surface area contributed by atoms with Crippen LogP contribution in [0, 0.1) is 11.7 Å². The molecule has 174 valence electrons. The number of ether oxygens (including phenoxy) is 1. The maximum Gasteiger partial charge on any atom is 0.310 e. The number of aliphatic hydroxyl groups is 1. The number of hydrogen-bond acceptors (Lipinski definition) is 5. The molecule has 1 aromatic rings. The molecule has 0 radical (unpaired) electrons. The summed E-state index contributed by atoms with van der Waals surface area (Å²) in [5, 5.41) is 19.0. The molecule has 1 heterocycles. The van der Waals surface area contributed by atoms with Gasteiger partial charge in [0, 0.05) is 32.2 Å². The van der Waals surface area contributed by atoms with Crippen LogP contribution >= 0.6 is 0 Å². The highest BCUT2D eigenvalue weighted by molar-refractivity contribution is 5.95. The predicted octanol–water partition coefficient (Wildman–Crippen LogP) is 3.05. The van der Waals surface area contributed by atoms with Gasteiger partial charge in [0.15, 0.2) is 5.60 Å². The fourth-order valence-corrected chi connectivity index (χ4v) is 4.22. The zero-order chi connectivity index (χ0) is 24.2. The van der Waals surface area contributed by atoms with Gasteiger partial charge >= 0.3 is 5.97 Å². The third-order valence-corrected chi connectivity index (χ3v) is 5.71. The minimum atomic E-state index is -1.30. The number of ketones is 1. The number of halogens is 1. The van der Waals surface area contributed by atoms with E-state index in [2.05, 4.69) is 0 Å². The second-order valence-electron chi connectivity index (χ2n) is 8.39. The lowest BCUT2D eigenvalue weighted by Gasteiger charge is -2.46. The number of carboxylic acids is 1. The molecule has 0 aromatic heterocycles. The number of carbonyl (C=O) groups excluding carboxylic acids is 2. The monoisotopic (exact) mass is 447 g/mol. The van der Waals surface area contributed by atoms with Crippen molar-refractivity contribution in [1.29, 1.82) is 0 Å². The standard InChI is InChI=1S/C24H30FNO6/c1-14(2)22-19(11-10-17(27)12-18(28)13-20(29)30)21(15-6-8-16(25)9-7-15)24(3,32-5)23(31)26(22)4/h6-11,14,17,21,27H,12-13H2,1-5H3,(H,29,30). The summed E-state index contributed by atoms with van der Waals surface area (Å²) >= 11 is 0. The molecular weight excluding hydrogens is 417 g/mol. The molecule has 0 saturated heterocycles. The Balaban J connectivity index is 2.59. The number of allylic oxidation sites excluding steroid dienone is 2. The Kier molecular flexibility index (Phi) is 8.09. The maximum absolute atomic E-state index is 13.6. The Hall–Kier alpha value is -2.84. The molecule has 1 aliphatic rings. The van der Waals surface area contributed by atoms with E-state index in [0.717, 1.165) is 0 Å². The van der Waals surface area contributed by atoms with E-state index in [1.807, 2.05) is 13.8 Å². The van der Waals surface area contributed by atoms with Crippen LogP contribution in [0.4, 0.5) is 4.39 Å². The van der Waals surface area contributed by atoms with E-state index in [9.17, 15) is 23.9 Å². The zero-order valence-electron chi connectivity index (χ0n) is 19.0. The van der Waals surface area contributed by atoms with Gasteiger partial charge in [-0.3, -0.25) is 14.4 Å². The summed E-state index contributed by atoms with van der Waals surface area (Å²) in [6.07, 6.45) is 0.844. The van der Waals surface area contributed by atoms with Crippen molar-refractivity contribution in [2.75, 3.05) is 14.2 Å².